The molecule has 0 aliphatic heterocycles. The molecule has 4 nitrogen and oxygen atoms in total. The van der Waals surface area contributed by atoms with E-state index in [4.69, 9.17) is 5.73 Å². The van der Waals surface area contributed by atoms with Crippen molar-refractivity contribution in [3.05, 3.63) is 0 Å². The van der Waals surface area contributed by atoms with Crippen molar-refractivity contribution in [3.63, 3.8) is 0 Å². The first kappa shape index (κ1) is 10.6. The normalized spacial score (nSPS) is 12.8. The molecule has 13 heavy (non-hydrogen) atoms. The minimum Gasteiger partial charge on any atom is -0.367 e. The predicted octanol–water partition coefficient (Wildman–Crippen LogP) is 1.67. The second-order valence-electron chi connectivity index (χ2n) is 2.78. The van der Waals surface area contributed by atoms with Gasteiger partial charge in [-0.25, -0.2) is 0 Å². The molecular weight excluding hydrogens is 204 g/mol. The molecule has 0 radical (unpaired) electrons. The van der Waals surface area contributed by atoms with Crippen molar-refractivity contribution in [2.75, 3.05) is 23.1 Å². The van der Waals surface area contributed by atoms with Crippen molar-refractivity contribution in [2.24, 2.45) is 0 Å². The summed E-state index contributed by atoms with van der Waals surface area (Å²) >= 11 is 3.16. The van der Waals surface area contributed by atoms with Crippen molar-refractivity contribution in [1.82, 2.24) is 9.36 Å². The number of hydrogen-bond donors (Lipinski definition) is 2. The Bertz CT molecular complexity index is 250. The number of hydrogen-bond acceptors (Lipinski definition) is 6. The second-order valence-corrected chi connectivity index (χ2v) is 4.52. The molecule has 6 heteroatoms. The van der Waals surface area contributed by atoms with E-state index < -0.39 is 0 Å². The summed E-state index contributed by atoms with van der Waals surface area (Å²) in [5, 5.41) is 4.06. The van der Waals surface area contributed by atoms with Gasteiger partial charge in [0.1, 0.15) is 0 Å². The van der Waals surface area contributed by atoms with E-state index in [9.17, 15) is 0 Å². The van der Waals surface area contributed by atoms with E-state index in [1.54, 1.807) is 0 Å². The maximum atomic E-state index is 5.40. The molecule has 1 aromatic rings. The van der Waals surface area contributed by atoms with Crippen LogP contribution in [-0.4, -0.2) is 27.4 Å². The lowest BCUT2D eigenvalue weighted by Crippen LogP contribution is -2.15. The molecule has 0 aliphatic carbocycles. The number of nitrogens with two attached hydrogens (primary N) is 1. The van der Waals surface area contributed by atoms with E-state index in [-0.39, 0.29) is 0 Å². The van der Waals surface area contributed by atoms with Crippen LogP contribution in [0.15, 0.2) is 0 Å². The lowest BCUT2D eigenvalue weighted by Gasteiger charge is -2.10. The summed E-state index contributed by atoms with van der Waals surface area (Å²) in [5.74, 6) is 1.51. The Labute approximate surface area is 86.5 Å². The summed E-state index contributed by atoms with van der Waals surface area (Å²) < 4.78 is 3.89. The van der Waals surface area contributed by atoms with Gasteiger partial charge in [0.25, 0.3) is 0 Å². The topological polar surface area (TPSA) is 63.8 Å². The summed E-state index contributed by atoms with van der Waals surface area (Å²) in [6.07, 6.45) is 3.23. The fourth-order valence-corrected chi connectivity index (χ4v) is 2.07. The molecule has 0 amide bonds. The van der Waals surface area contributed by atoms with E-state index in [1.165, 1.54) is 11.5 Å². The highest BCUT2D eigenvalue weighted by Crippen LogP contribution is 2.14. The molecule has 0 fully saturated rings. The van der Waals surface area contributed by atoms with Crippen LogP contribution in [0.1, 0.15) is 13.3 Å². The molecule has 0 saturated heterocycles. The maximum Gasteiger partial charge on any atom is 0.233 e. The first-order valence-electron chi connectivity index (χ1n) is 4.07. The maximum absolute atomic E-state index is 5.40. The third-order valence-electron chi connectivity index (χ3n) is 1.57. The monoisotopic (exact) mass is 218 g/mol. The van der Waals surface area contributed by atoms with Crippen LogP contribution < -0.4 is 11.1 Å². The van der Waals surface area contributed by atoms with Crippen molar-refractivity contribution >= 4 is 34.4 Å². The van der Waals surface area contributed by atoms with Gasteiger partial charge in [0.05, 0.1) is 0 Å². The van der Waals surface area contributed by atoms with Gasteiger partial charge in [0, 0.05) is 17.6 Å². The summed E-state index contributed by atoms with van der Waals surface area (Å²) in [6, 6.07) is 0.430. The van der Waals surface area contributed by atoms with E-state index in [0.29, 0.717) is 12.0 Å². The summed E-state index contributed by atoms with van der Waals surface area (Å²) in [4.78, 5) is 4.03. The molecule has 1 heterocycles. The summed E-state index contributed by atoms with van der Waals surface area (Å²) in [7, 11) is 0. The van der Waals surface area contributed by atoms with Gasteiger partial charge in [0.15, 0.2) is 0 Å². The number of nitrogen functional groups attached to an aromatic ring is 1. The Morgan fingerprint density at radius 3 is 3.00 bits per heavy atom. The van der Waals surface area contributed by atoms with E-state index in [1.807, 2.05) is 11.8 Å². The quantitative estimate of drug-likeness (QED) is 0.787. The highest BCUT2D eigenvalue weighted by molar-refractivity contribution is 7.98. The van der Waals surface area contributed by atoms with Gasteiger partial charge < -0.3 is 11.1 Å². The molecule has 0 aromatic carbocycles. The number of nitrogens with zero attached hydrogens (tertiary/aromatic N) is 2. The molecule has 74 valence electrons. The number of rotatable bonds is 5. The zero-order chi connectivity index (χ0) is 9.68. The van der Waals surface area contributed by atoms with Crippen LogP contribution in [-0.2, 0) is 0 Å². The van der Waals surface area contributed by atoms with E-state index in [0.717, 1.165) is 17.3 Å². The third kappa shape index (κ3) is 3.82. The zero-order valence-electron chi connectivity index (χ0n) is 7.78. The number of anilines is 2. The highest BCUT2D eigenvalue weighted by atomic mass is 32.2. The van der Waals surface area contributed by atoms with Crippen molar-refractivity contribution in [1.29, 1.82) is 0 Å². The van der Waals surface area contributed by atoms with Gasteiger partial charge in [-0.15, -0.1) is 0 Å². The molecule has 1 rings (SSSR count). The standard InChI is InChI=1S/C7H14N4S2/c1-5(3-4-12-2)9-7-10-6(8)11-13-7/h5H,3-4H2,1-2H3,(H3,8,9,10,11). The minimum absolute atomic E-state index is 0.351. The molecule has 1 aromatic heterocycles. The number of nitrogens with one attached hydrogen (secondary N) is 1. The molecule has 0 bridgehead atoms. The Kier molecular flexibility index (Phi) is 4.31. The molecule has 3 N–H and O–H groups in total. The molecule has 0 saturated carbocycles. The smallest absolute Gasteiger partial charge is 0.233 e. The largest absolute Gasteiger partial charge is 0.367 e. The lowest BCUT2D eigenvalue weighted by molar-refractivity contribution is 0.771. The Hall–Kier alpha value is -0.490. The van der Waals surface area contributed by atoms with Gasteiger partial charge >= 0.3 is 0 Å². The van der Waals surface area contributed by atoms with Crippen LogP contribution in [0.4, 0.5) is 11.1 Å². The van der Waals surface area contributed by atoms with Crippen LogP contribution in [0.5, 0.6) is 0 Å². The van der Waals surface area contributed by atoms with Crippen molar-refractivity contribution in [3.8, 4) is 0 Å². The number of aromatic nitrogens is 2. The Morgan fingerprint density at radius 2 is 2.46 bits per heavy atom. The molecule has 1 unspecified atom stereocenters. The number of thioether (sulfide) groups is 1. The molecule has 1 atom stereocenters. The van der Waals surface area contributed by atoms with E-state index >= 15 is 0 Å². The fraction of sp³-hybridized carbons (Fsp3) is 0.714. The molecule has 0 aliphatic rings. The zero-order valence-corrected chi connectivity index (χ0v) is 9.41. The summed E-state index contributed by atoms with van der Waals surface area (Å²) in [5.41, 5.74) is 5.40. The van der Waals surface area contributed by atoms with Crippen LogP contribution in [0.3, 0.4) is 0 Å². The Balaban J connectivity index is 2.31. The van der Waals surface area contributed by atoms with Crippen LogP contribution >= 0.6 is 23.3 Å². The molecular formula is C7H14N4S2. The third-order valence-corrected chi connectivity index (χ3v) is 2.87. The highest BCUT2D eigenvalue weighted by Gasteiger charge is 2.04. The lowest BCUT2D eigenvalue weighted by atomic mass is 10.3. The van der Waals surface area contributed by atoms with Gasteiger partial charge in [0.2, 0.25) is 11.1 Å². The van der Waals surface area contributed by atoms with E-state index in [2.05, 4.69) is 27.9 Å². The minimum atomic E-state index is 0.351. The summed E-state index contributed by atoms with van der Waals surface area (Å²) in [6.45, 7) is 2.13. The average molecular weight is 218 g/mol. The SMILES string of the molecule is CSCCC(C)Nc1nc(N)ns1. The first-order valence-corrected chi connectivity index (χ1v) is 6.23. The fourth-order valence-electron chi connectivity index (χ4n) is 0.871. The van der Waals surface area contributed by atoms with Crippen molar-refractivity contribution in [2.45, 2.75) is 19.4 Å². The molecule has 0 spiro atoms. The first-order chi connectivity index (χ1) is 6.22. The Morgan fingerprint density at radius 1 is 1.69 bits per heavy atom. The average Bonchev–Trinajstić information content (AvgIpc) is 2.48. The second kappa shape index (κ2) is 5.29. The predicted molar refractivity (Wildman–Crippen MR) is 60.4 cm³/mol. The van der Waals surface area contributed by atoms with Gasteiger partial charge in [-0.2, -0.15) is 21.1 Å². The van der Waals surface area contributed by atoms with Crippen LogP contribution in [0.25, 0.3) is 0 Å². The van der Waals surface area contributed by atoms with Gasteiger partial charge in [-0.1, -0.05) is 0 Å². The van der Waals surface area contributed by atoms with Gasteiger partial charge in [-0.05, 0) is 25.4 Å². The van der Waals surface area contributed by atoms with Crippen LogP contribution in [0, 0.1) is 0 Å². The van der Waals surface area contributed by atoms with Crippen molar-refractivity contribution < 1.29 is 0 Å². The van der Waals surface area contributed by atoms with Crippen LogP contribution in [0.2, 0.25) is 0 Å². The van der Waals surface area contributed by atoms with Gasteiger partial charge in [-0.3, -0.25) is 0 Å².